The third-order valence-corrected chi connectivity index (χ3v) is 13.2. The van der Waals surface area contributed by atoms with E-state index < -0.39 is 0 Å². The van der Waals surface area contributed by atoms with Crippen LogP contribution in [0.2, 0.25) is 0 Å². The van der Waals surface area contributed by atoms with Gasteiger partial charge in [0.1, 0.15) is 0 Å². The lowest BCUT2D eigenvalue weighted by atomic mass is 9.91. The minimum absolute atomic E-state index is 0.847. The number of benzene rings is 4. The number of H-pyrrole nitrogens is 2. The zero-order valence-corrected chi connectivity index (χ0v) is 37.5. The first-order valence-corrected chi connectivity index (χ1v) is 23.0. The first-order valence-electron chi connectivity index (χ1n) is 23.0. The summed E-state index contributed by atoms with van der Waals surface area (Å²) in [5.74, 6) is 0. The van der Waals surface area contributed by atoms with E-state index in [1.165, 1.54) is 39.0 Å². The Morgan fingerprint density at radius 2 is 0.661 bits per heavy atom. The van der Waals surface area contributed by atoms with Crippen molar-refractivity contribution in [3.63, 3.8) is 0 Å². The van der Waals surface area contributed by atoms with Crippen molar-refractivity contribution >= 4 is 44.9 Å². The maximum Gasteiger partial charge on any atom is 0.0772 e. The SMILES string of the molecule is CCC1=Cc2nc1c(-c1ccccc1)c1[nH]c(c(CC)c1CC)c(-c1ccccc1)c1nc(c(-c3ccccc3)c3[nH]c(c(CC)c3CC)c2-c2ccccc2)C(CC)=C1CC. The van der Waals surface area contributed by atoms with Crippen LogP contribution in [0.15, 0.2) is 121 Å². The molecule has 2 N–H and O–H groups in total. The Hall–Kier alpha value is -6.52. The lowest BCUT2D eigenvalue weighted by Gasteiger charge is -2.11. The molecule has 0 unspecified atom stereocenters. The number of hydrogen-bond donors (Lipinski definition) is 2. The first kappa shape index (κ1) is 40.9. The molecule has 3 aromatic heterocycles. The molecule has 0 atom stereocenters. The molecule has 5 heterocycles. The van der Waals surface area contributed by atoms with Crippen LogP contribution in [0.25, 0.3) is 89.4 Å². The molecule has 0 aliphatic carbocycles. The average Bonchev–Trinajstić information content (AvgIpc) is 4.10. The van der Waals surface area contributed by atoms with Crippen LogP contribution in [0.4, 0.5) is 0 Å². The van der Waals surface area contributed by atoms with E-state index >= 15 is 0 Å². The van der Waals surface area contributed by atoms with Crippen LogP contribution in [0.5, 0.6) is 0 Å². The predicted molar refractivity (Wildman–Crippen MR) is 266 cm³/mol. The smallest absolute Gasteiger partial charge is 0.0772 e. The molecule has 0 amide bonds. The summed E-state index contributed by atoms with van der Waals surface area (Å²) < 4.78 is 0. The monoisotopic (exact) mass is 810 g/mol. The van der Waals surface area contributed by atoms with E-state index in [2.05, 4.69) is 186 Å². The van der Waals surface area contributed by atoms with E-state index in [9.17, 15) is 0 Å². The number of nitrogens with zero attached hydrogens (tertiary/aromatic N) is 2. The van der Waals surface area contributed by atoms with Gasteiger partial charge in [-0.15, -0.1) is 0 Å². The number of aromatic nitrogens is 4. The van der Waals surface area contributed by atoms with Crippen LogP contribution in [0.1, 0.15) is 113 Å². The lowest BCUT2D eigenvalue weighted by molar-refractivity contribution is 1.07. The summed E-state index contributed by atoms with van der Waals surface area (Å²) in [7, 11) is 0. The van der Waals surface area contributed by atoms with Gasteiger partial charge in [0, 0.05) is 22.3 Å². The van der Waals surface area contributed by atoms with E-state index in [-0.39, 0.29) is 0 Å². The summed E-state index contributed by atoms with van der Waals surface area (Å²) in [5, 5.41) is 0. The van der Waals surface area contributed by atoms with Gasteiger partial charge in [-0.1, -0.05) is 170 Å². The zero-order chi connectivity index (χ0) is 42.9. The fraction of sp³-hybridized carbons (Fsp3) is 0.241. The Balaban J connectivity index is 1.67. The molecule has 7 aromatic rings. The topological polar surface area (TPSA) is 57.4 Å². The zero-order valence-electron chi connectivity index (χ0n) is 37.5. The van der Waals surface area contributed by atoms with Gasteiger partial charge in [-0.2, -0.15) is 0 Å². The summed E-state index contributed by atoms with van der Waals surface area (Å²) in [6.07, 6.45) is 8.45. The Morgan fingerprint density at radius 1 is 0.339 bits per heavy atom. The van der Waals surface area contributed by atoms with Crippen molar-refractivity contribution in [1.29, 1.82) is 0 Å². The van der Waals surface area contributed by atoms with Crippen molar-refractivity contribution in [2.45, 2.75) is 93.4 Å². The Labute approximate surface area is 367 Å². The number of aryl methyl sites for hydroxylation is 4. The summed E-state index contributed by atoms with van der Waals surface area (Å²) in [6.45, 7) is 16.1. The minimum Gasteiger partial charge on any atom is -0.354 e. The molecule has 8 bridgehead atoms. The number of aromatic amines is 2. The molecular weight excluding hydrogens is 753 g/mol. The predicted octanol–water partition coefficient (Wildman–Crippen LogP) is 15.9. The number of fused-ring (bicyclic) bond motifs is 8. The van der Waals surface area contributed by atoms with Gasteiger partial charge in [-0.3, -0.25) is 0 Å². The summed E-state index contributed by atoms with van der Waals surface area (Å²) in [6, 6.07) is 43.8. The molecule has 9 rings (SSSR count). The number of nitrogens with one attached hydrogen (secondary N) is 2. The lowest BCUT2D eigenvalue weighted by Crippen LogP contribution is -1.93. The van der Waals surface area contributed by atoms with Crippen molar-refractivity contribution in [3.8, 4) is 44.5 Å². The molecular formula is C58H58N4. The van der Waals surface area contributed by atoms with Crippen LogP contribution in [0.3, 0.4) is 0 Å². The summed E-state index contributed by atoms with van der Waals surface area (Å²) >= 11 is 0. The second-order valence-electron chi connectivity index (χ2n) is 16.4. The van der Waals surface area contributed by atoms with Crippen molar-refractivity contribution in [2.24, 2.45) is 0 Å². The largest absolute Gasteiger partial charge is 0.354 e. The second-order valence-corrected chi connectivity index (χ2v) is 16.4. The fourth-order valence-electron chi connectivity index (χ4n) is 10.4. The second kappa shape index (κ2) is 17.5. The van der Waals surface area contributed by atoms with Gasteiger partial charge in [0.25, 0.3) is 0 Å². The van der Waals surface area contributed by atoms with Gasteiger partial charge in [0.05, 0.1) is 44.8 Å². The van der Waals surface area contributed by atoms with E-state index in [0.29, 0.717) is 0 Å². The molecule has 0 fully saturated rings. The van der Waals surface area contributed by atoms with Gasteiger partial charge in [-0.05, 0) is 112 Å². The Kier molecular flexibility index (Phi) is 11.5. The van der Waals surface area contributed by atoms with Gasteiger partial charge >= 0.3 is 0 Å². The van der Waals surface area contributed by atoms with Crippen molar-refractivity contribution < 1.29 is 0 Å². The highest BCUT2D eigenvalue weighted by atomic mass is 14.8. The van der Waals surface area contributed by atoms with E-state index in [1.54, 1.807) is 0 Å². The maximum absolute atomic E-state index is 5.98. The highest BCUT2D eigenvalue weighted by molar-refractivity contribution is 6.08. The van der Waals surface area contributed by atoms with Crippen molar-refractivity contribution in [2.75, 3.05) is 0 Å². The van der Waals surface area contributed by atoms with Crippen molar-refractivity contribution in [1.82, 2.24) is 19.9 Å². The molecule has 0 radical (unpaired) electrons. The first-order chi connectivity index (χ1) is 30.5. The number of allylic oxidation sites excluding steroid dienone is 3. The van der Waals surface area contributed by atoms with Gasteiger partial charge < -0.3 is 9.97 Å². The highest BCUT2D eigenvalue weighted by Crippen LogP contribution is 2.48. The van der Waals surface area contributed by atoms with Gasteiger partial charge in [-0.25, -0.2) is 9.97 Å². The minimum atomic E-state index is 0.847. The standard InChI is InChI=1S/C58H58N4/c1-8-36-35-47-48(37-27-19-15-20-28-37)53-41(9-2)42(10-3)55(60-53)50(39-31-23-17-24-32-39)57-45(13-6)46(14-7)58(62-57)51(40-33-25-18-26-34-40)56-44(12-5)43(11-4)54(61-56)49(52(36)59-47)38-29-21-16-22-30-38/h15-35,60-61H,8-14H2,1-7H3. The van der Waals surface area contributed by atoms with Crippen LogP contribution in [-0.2, 0) is 25.7 Å². The summed E-state index contributed by atoms with van der Waals surface area (Å²) in [4.78, 5) is 20.2. The Morgan fingerprint density at radius 3 is 0.984 bits per heavy atom. The average molecular weight is 811 g/mol. The van der Waals surface area contributed by atoms with Crippen LogP contribution in [-0.4, -0.2) is 19.9 Å². The van der Waals surface area contributed by atoms with E-state index in [1.807, 2.05) is 0 Å². The third-order valence-electron chi connectivity index (χ3n) is 13.2. The molecule has 0 saturated heterocycles. The molecule has 2 aliphatic heterocycles. The quantitative estimate of drug-likeness (QED) is 0.137. The molecule has 62 heavy (non-hydrogen) atoms. The van der Waals surface area contributed by atoms with E-state index in [4.69, 9.17) is 9.97 Å². The number of rotatable bonds is 11. The van der Waals surface area contributed by atoms with Gasteiger partial charge in [0.15, 0.2) is 0 Å². The molecule has 310 valence electrons. The van der Waals surface area contributed by atoms with Gasteiger partial charge in [0.2, 0.25) is 0 Å². The fourth-order valence-corrected chi connectivity index (χ4v) is 10.4. The number of hydrogen-bond acceptors (Lipinski definition) is 2. The molecule has 4 aromatic carbocycles. The van der Waals surface area contributed by atoms with E-state index in [0.717, 1.165) is 134 Å². The Bertz CT molecular complexity index is 3020. The molecule has 0 spiro atoms. The van der Waals surface area contributed by atoms with Crippen LogP contribution < -0.4 is 0 Å². The van der Waals surface area contributed by atoms with Crippen LogP contribution in [0, 0.1) is 0 Å². The maximum atomic E-state index is 5.98. The highest BCUT2D eigenvalue weighted by Gasteiger charge is 2.30. The molecule has 2 aliphatic rings. The molecule has 0 saturated carbocycles. The van der Waals surface area contributed by atoms with Crippen LogP contribution >= 0.6 is 0 Å². The summed E-state index contributed by atoms with van der Waals surface area (Å²) in [5.41, 5.74) is 27.2. The normalized spacial score (nSPS) is 12.6. The molecule has 4 nitrogen and oxygen atoms in total. The molecule has 4 heteroatoms. The third kappa shape index (κ3) is 6.77. The van der Waals surface area contributed by atoms with Crippen molar-refractivity contribution in [3.05, 3.63) is 166 Å².